The zero-order valence-electron chi connectivity index (χ0n) is 13.4. The first kappa shape index (κ1) is 15.6. The highest BCUT2D eigenvalue weighted by Gasteiger charge is 2.46. The molecule has 1 fully saturated rings. The minimum absolute atomic E-state index is 0.197. The quantitative estimate of drug-likeness (QED) is 0.830. The van der Waals surface area contributed by atoms with Gasteiger partial charge in [-0.2, -0.15) is 0 Å². The van der Waals surface area contributed by atoms with Crippen molar-refractivity contribution in [3.63, 3.8) is 0 Å². The zero-order chi connectivity index (χ0) is 16.0. The van der Waals surface area contributed by atoms with Crippen LogP contribution in [0.25, 0.3) is 0 Å². The Morgan fingerprint density at radius 2 is 2.26 bits per heavy atom. The van der Waals surface area contributed by atoms with Crippen LogP contribution in [0.2, 0.25) is 4.34 Å². The predicted octanol–water partition coefficient (Wildman–Crippen LogP) is 4.39. The number of piperidine rings is 1. The number of fused-ring (bicyclic) bond motifs is 2. The molecule has 3 atom stereocenters. The van der Waals surface area contributed by atoms with Crippen LogP contribution in [-0.2, 0) is 16.8 Å². The van der Waals surface area contributed by atoms with Gasteiger partial charge in [0.25, 0.3) is 0 Å². The Morgan fingerprint density at radius 1 is 1.39 bits per heavy atom. The molecule has 1 N–H and O–H groups in total. The Balaban J connectivity index is 1.73. The molecule has 3 unspecified atom stereocenters. The lowest BCUT2D eigenvalue weighted by Crippen LogP contribution is -2.49. The molecule has 23 heavy (non-hydrogen) atoms. The van der Waals surface area contributed by atoms with E-state index in [0.29, 0.717) is 6.04 Å². The van der Waals surface area contributed by atoms with E-state index in [1.165, 1.54) is 16.0 Å². The number of nitrogens with one attached hydrogen (secondary N) is 1. The van der Waals surface area contributed by atoms with Crippen molar-refractivity contribution in [1.82, 2.24) is 10.3 Å². The predicted molar refractivity (Wildman–Crippen MR) is 94.2 cm³/mol. The monoisotopic (exact) mass is 348 g/mol. The average Bonchev–Trinajstić information content (AvgIpc) is 2.89. The fourth-order valence-electron chi connectivity index (χ4n) is 4.06. The van der Waals surface area contributed by atoms with E-state index in [2.05, 4.69) is 35.4 Å². The van der Waals surface area contributed by atoms with Crippen molar-refractivity contribution in [3.05, 3.63) is 50.4 Å². The number of ether oxygens (including phenoxy) is 1. The highest BCUT2D eigenvalue weighted by molar-refractivity contribution is 7.16. The van der Waals surface area contributed by atoms with E-state index in [1.807, 2.05) is 13.1 Å². The highest BCUT2D eigenvalue weighted by atomic mass is 35.5. The van der Waals surface area contributed by atoms with Crippen LogP contribution in [0.5, 0.6) is 0 Å². The van der Waals surface area contributed by atoms with Crippen molar-refractivity contribution in [2.24, 2.45) is 0 Å². The van der Waals surface area contributed by atoms with Gasteiger partial charge >= 0.3 is 0 Å². The summed E-state index contributed by atoms with van der Waals surface area (Å²) in [5, 5.41) is 3.73. The number of hydrogen-bond donors (Lipinski definition) is 1. The van der Waals surface area contributed by atoms with Crippen molar-refractivity contribution in [2.45, 2.75) is 50.8 Å². The van der Waals surface area contributed by atoms with Crippen LogP contribution in [0.4, 0.5) is 0 Å². The van der Waals surface area contributed by atoms with E-state index in [0.717, 1.165) is 35.9 Å². The number of thiophene rings is 1. The molecule has 0 radical (unpaired) electrons. The molecule has 3 nitrogen and oxygen atoms in total. The third-order valence-corrected chi connectivity index (χ3v) is 6.41. The first-order chi connectivity index (χ1) is 11.1. The Morgan fingerprint density at radius 3 is 3.09 bits per heavy atom. The van der Waals surface area contributed by atoms with E-state index in [9.17, 15) is 0 Å². The minimum atomic E-state index is -0.197. The van der Waals surface area contributed by atoms with Gasteiger partial charge in [0.05, 0.1) is 10.9 Å². The van der Waals surface area contributed by atoms with E-state index < -0.39 is 0 Å². The van der Waals surface area contributed by atoms with Gasteiger partial charge in [0.15, 0.2) is 0 Å². The summed E-state index contributed by atoms with van der Waals surface area (Å²) < 4.78 is 7.27. The van der Waals surface area contributed by atoms with Gasteiger partial charge in [-0.1, -0.05) is 11.6 Å². The third kappa shape index (κ3) is 2.82. The molecule has 4 rings (SSSR count). The fourth-order valence-corrected chi connectivity index (χ4v) is 5.52. The molecule has 2 aliphatic rings. The molecular formula is C18H21ClN2OS. The molecule has 0 saturated carbocycles. The Kier molecular flexibility index (Phi) is 3.96. The summed E-state index contributed by atoms with van der Waals surface area (Å²) in [6.07, 6.45) is 4.82. The third-order valence-electron chi connectivity index (χ3n) is 4.92. The molecule has 2 aliphatic heterocycles. The van der Waals surface area contributed by atoms with Crippen molar-refractivity contribution < 1.29 is 4.74 Å². The molecule has 5 heteroatoms. The molecule has 0 bridgehead atoms. The molecule has 0 aliphatic carbocycles. The number of halogens is 1. The maximum atomic E-state index is 6.39. The fraction of sp³-hybridized carbons (Fsp3) is 0.500. The second-order valence-corrected chi connectivity index (χ2v) is 8.44. The van der Waals surface area contributed by atoms with Crippen LogP contribution >= 0.6 is 22.9 Å². The Labute approximate surface area is 146 Å². The number of pyridine rings is 1. The number of rotatable bonds is 1. The first-order valence-electron chi connectivity index (χ1n) is 8.17. The van der Waals surface area contributed by atoms with Crippen LogP contribution in [0.1, 0.15) is 47.5 Å². The molecule has 4 heterocycles. The number of aryl methyl sites for hydroxylation is 1. The van der Waals surface area contributed by atoms with Gasteiger partial charge in [0, 0.05) is 35.3 Å². The lowest BCUT2D eigenvalue weighted by Gasteiger charge is -2.46. The maximum absolute atomic E-state index is 6.39. The normalized spacial score (nSPS) is 30.4. The van der Waals surface area contributed by atoms with Gasteiger partial charge in [-0.3, -0.25) is 4.98 Å². The smallest absolute Gasteiger partial charge is 0.106 e. The van der Waals surface area contributed by atoms with Crippen molar-refractivity contribution in [2.75, 3.05) is 6.61 Å². The Hall–Kier alpha value is -0.940. The van der Waals surface area contributed by atoms with Crippen molar-refractivity contribution in [3.8, 4) is 0 Å². The maximum Gasteiger partial charge on any atom is 0.106 e. The Bertz CT molecular complexity index is 732. The van der Waals surface area contributed by atoms with Crippen LogP contribution in [0.3, 0.4) is 0 Å². The van der Waals surface area contributed by atoms with Crippen LogP contribution in [-0.4, -0.2) is 17.6 Å². The number of aromatic nitrogens is 1. The second-order valence-electron chi connectivity index (χ2n) is 6.76. The summed E-state index contributed by atoms with van der Waals surface area (Å²) >= 11 is 8.00. The largest absolute Gasteiger partial charge is 0.369 e. The van der Waals surface area contributed by atoms with E-state index in [1.54, 1.807) is 11.3 Å². The molecule has 0 amide bonds. The molecule has 0 aromatic carbocycles. The van der Waals surface area contributed by atoms with Crippen LogP contribution in [0, 0.1) is 6.92 Å². The van der Waals surface area contributed by atoms with Gasteiger partial charge in [0.1, 0.15) is 5.60 Å². The molecular weight excluding hydrogens is 328 g/mol. The van der Waals surface area contributed by atoms with Gasteiger partial charge in [0.2, 0.25) is 0 Å². The topological polar surface area (TPSA) is 34.1 Å². The first-order valence-corrected chi connectivity index (χ1v) is 9.36. The van der Waals surface area contributed by atoms with Gasteiger partial charge in [-0.25, -0.2) is 0 Å². The van der Waals surface area contributed by atoms with Gasteiger partial charge in [-0.15, -0.1) is 11.3 Å². The minimum Gasteiger partial charge on any atom is -0.369 e. The highest BCUT2D eigenvalue weighted by Crippen LogP contribution is 2.49. The molecule has 2 aromatic heterocycles. The SMILES string of the molecule is Cc1cc(C2CC3(CC(C)N2)OCCc2cc(Cl)sc23)ccn1. The number of nitrogens with zero attached hydrogens (tertiary/aromatic N) is 1. The molecule has 1 spiro atoms. The van der Waals surface area contributed by atoms with E-state index >= 15 is 0 Å². The summed E-state index contributed by atoms with van der Waals surface area (Å²) in [4.78, 5) is 5.67. The second kappa shape index (κ2) is 5.85. The van der Waals surface area contributed by atoms with Gasteiger partial charge < -0.3 is 10.1 Å². The van der Waals surface area contributed by atoms with Crippen LogP contribution < -0.4 is 5.32 Å². The van der Waals surface area contributed by atoms with Crippen molar-refractivity contribution in [1.29, 1.82) is 0 Å². The number of hydrogen-bond acceptors (Lipinski definition) is 4. The summed E-state index contributed by atoms with van der Waals surface area (Å²) in [5.74, 6) is 0. The summed E-state index contributed by atoms with van der Waals surface area (Å²) in [7, 11) is 0. The summed E-state index contributed by atoms with van der Waals surface area (Å²) in [6, 6.07) is 7.10. The summed E-state index contributed by atoms with van der Waals surface area (Å²) in [6.45, 7) is 5.07. The van der Waals surface area contributed by atoms with E-state index in [-0.39, 0.29) is 11.6 Å². The standard InChI is InChI=1S/C18H21ClN2OS/c1-11-7-13(3-5-20-11)15-10-18(9-12(2)21-15)17-14(4-6-22-18)8-16(19)23-17/h3,5,7-8,12,15,21H,4,6,9-10H2,1-2H3. The molecule has 2 aromatic rings. The lowest BCUT2D eigenvalue weighted by molar-refractivity contribution is -0.0954. The lowest BCUT2D eigenvalue weighted by atomic mass is 9.78. The summed E-state index contributed by atoms with van der Waals surface area (Å²) in [5.41, 5.74) is 3.53. The molecule has 122 valence electrons. The van der Waals surface area contributed by atoms with E-state index in [4.69, 9.17) is 16.3 Å². The molecule has 1 saturated heterocycles. The van der Waals surface area contributed by atoms with Crippen molar-refractivity contribution >= 4 is 22.9 Å². The zero-order valence-corrected chi connectivity index (χ0v) is 15.0. The average molecular weight is 349 g/mol. The van der Waals surface area contributed by atoms with Gasteiger partial charge in [-0.05, 0) is 56.0 Å². The van der Waals surface area contributed by atoms with Crippen LogP contribution in [0.15, 0.2) is 24.4 Å².